The number of rotatable bonds is 1. The smallest absolute Gasteiger partial charge is 0.161 e. The molecular formula is C8H8BrNO2. The minimum absolute atomic E-state index is 0.0394. The van der Waals surface area contributed by atoms with Gasteiger partial charge in [-0.3, -0.25) is 4.79 Å². The van der Waals surface area contributed by atoms with Crippen LogP contribution in [-0.2, 0) is 0 Å². The first-order valence-corrected chi connectivity index (χ1v) is 4.10. The SMILES string of the molecule is CC(=O)c1cc(Br)c(O)cc1N. The maximum absolute atomic E-state index is 10.9. The van der Waals surface area contributed by atoms with Crippen LogP contribution in [0.15, 0.2) is 16.6 Å². The van der Waals surface area contributed by atoms with Crippen LogP contribution in [0.5, 0.6) is 5.75 Å². The van der Waals surface area contributed by atoms with Crippen molar-refractivity contribution in [2.24, 2.45) is 0 Å². The molecule has 0 atom stereocenters. The molecule has 4 heteroatoms. The predicted molar refractivity (Wildman–Crippen MR) is 50.2 cm³/mol. The Hall–Kier alpha value is -1.03. The van der Waals surface area contributed by atoms with Crippen molar-refractivity contribution in [3.8, 4) is 5.75 Å². The van der Waals surface area contributed by atoms with E-state index in [4.69, 9.17) is 10.8 Å². The van der Waals surface area contributed by atoms with Crippen LogP contribution in [0, 0.1) is 0 Å². The van der Waals surface area contributed by atoms with Crippen molar-refractivity contribution in [1.82, 2.24) is 0 Å². The number of carbonyl (C=O) groups excluding carboxylic acids is 1. The van der Waals surface area contributed by atoms with Gasteiger partial charge in [0.2, 0.25) is 0 Å². The van der Waals surface area contributed by atoms with Gasteiger partial charge in [-0.15, -0.1) is 0 Å². The van der Waals surface area contributed by atoms with Gasteiger partial charge in [0.05, 0.1) is 4.47 Å². The molecule has 64 valence electrons. The summed E-state index contributed by atoms with van der Waals surface area (Å²) in [6.45, 7) is 1.43. The highest BCUT2D eigenvalue weighted by Gasteiger charge is 2.08. The molecule has 1 aromatic rings. The van der Waals surface area contributed by atoms with Gasteiger partial charge in [0.15, 0.2) is 5.78 Å². The topological polar surface area (TPSA) is 63.3 Å². The first-order valence-electron chi connectivity index (χ1n) is 3.31. The van der Waals surface area contributed by atoms with Crippen molar-refractivity contribution in [1.29, 1.82) is 0 Å². The van der Waals surface area contributed by atoms with E-state index >= 15 is 0 Å². The lowest BCUT2D eigenvalue weighted by molar-refractivity contribution is 0.101. The molecule has 0 aliphatic carbocycles. The van der Waals surface area contributed by atoms with E-state index < -0.39 is 0 Å². The van der Waals surface area contributed by atoms with Crippen LogP contribution in [0.25, 0.3) is 0 Å². The summed E-state index contributed by atoms with van der Waals surface area (Å²) < 4.78 is 0.474. The zero-order chi connectivity index (χ0) is 9.30. The Kier molecular flexibility index (Phi) is 2.38. The number of ketones is 1. The summed E-state index contributed by atoms with van der Waals surface area (Å²) in [6.07, 6.45) is 0. The molecule has 0 spiro atoms. The number of anilines is 1. The van der Waals surface area contributed by atoms with E-state index in [0.717, 1.165) is 0 Å². The Labute approximate surface area is 78.3 Å². The third-order valence-corrected chi connectivity index (χ3v) is 2.13. The van der Waals surface area contributed by atoms with Crippen LogP contribution >= 0.6 is 15.9 Å². The molecule has 0 saturated heterocycles. The molecule has 0 unspecified atom stereocenters. The van der Waals surface area contributed by atoms with E-state index in [-0.39, 0.29) is 11.5 Å². The van der Waals surface area contributed by atoms with Crippen LogP contribution in [0.3, 0.4) is 0 Å². The summed E-state index contributed by atoms with van der Waals surface area (Å²) in [5.74, 6) is -0.0781. The summed E-state index contributed by atoms with van der Waals surface area (Å²) in [5.41, 5.74) is 6.20. The van der Waals surface area contributed by atoms with Crippen molar-refractivity contribution in [3.63, 3.8) is 0 Å². The molecule has 0 aliphatic rings. The fourth-order valence-corrected chi connectivity index (χ4v) is 1.23. The molecule has 0 saturated carbocycles. The first kappa shape index (κ1) is 9.06. The molecule has 0 amide bonds. The lowest BCUT2D eigenvalue weighted by atomic mass is 10.1. The van der Waals surface area contributed by atoms with Gasteiger partial charge in [0.1, 0.15) is 5.75 Å². The van der Waals surface area contributed by atoms with Crippen LogP contribution in [0.2, 0.25) is 0 Å². The van der Waals surface area contributed by atoms with Gasteiger partial charge in [-0.25, -0.2) is 0 Å². The number of aromatic hydroxyl groups is 1. The van der Waals surface area contributed by atoms with Crippen molar-refractivity contribution in [2.75, 3.05) is 5.73 Å². The van der Waals surface area contributed by atoms with E-state index in [1.54, 1.807) is 0 Å². The lowest BCUT2D eigenvalue weighted by Gasteiger charge is -2.03. The van der Waals surface area contributed by atoms with Gasteiger partial charge in [0.25, 0.3) is 0 Å². The molecule has 0 radical (unpaired) electrons. The minimum atomic E-state index is -0.117. The second-order valence-electron chi connectivity index (χ2n) is 2.45. The highest BCUT2D eigenvalue weighted by atomic mass is 79.9. The van der Waals surface area contributed by atoms with Crippen molar-refractivity contribution in [3.05, 3.63) is 22.2 Å². The van der Waals surface area contributed by atoms with Crippen molar-refractivity contribution in [2.45, 2.75) is 6.92 Å². The predicted octanol–water partition coefficient (Wildman–Crippen LogP) is 1.94. The van der Waals surface area contributed by atoms with Gasteiger partial charge in [-0.2, -0.15) is 0 Å². The summed E-state index contributed by atoms with van der Waals surface area (Å²) in [6, 6.07) is 2.85. The second kappa shape index (κ2) is 3.15. The van der Waals surface area contributed by atoms with Crippen LogP contribution in [0.4, 0.5) is 5.69 Å². The third kappa shape index (κ3) is 1.58. The number of phenols is 1. The average Bonchev–Trinajstić information content (AvgIpc) is 1.96. The van der Waals surface area contributed by atoms with Gasteiger partial charge < -0.3 is 10.8 Å². The average molecular weight is 230 g/mol. The second-order valence-corrected chi connectivity index (χ2v) is 3.30. The van der Waals surface area contributed by atoms with Crippen molar-refractivity contribution >= 4 is 27.4 Å². The molecule has 12 heavy (non-hydrogen) atoms. The molecule has 1 rings (SSSR count). The van der Waals surface area contributed by atoms with Gasteiger partial charge in [-0.05, 0) is 28.9 Å². The van der Waals surface area contributed by atoms with Crippen LogP contribution in [-0.4, -0.2) is 10.9 Å². The zero-order valence-corrected chi connectivity index (χ0v) is 8.05. The lowest BCUT2D eigenvalue weighted by Crippen LogP contribution is -1.99. The van der Waals surface area contributed by atoms with Crippen molar-refractivity contribution < 1.29 is 9.90 Å². The number of halogens is 1. The summed E-state index contributed by atoms with van der Waals surface area (Å²) in [4.78, 5) is 10.9. The molecule has 3 nitrogen and oxygen atoms in total. The van der Waals surface area contributed by atoms with E-state index in [2.05, 4.69) is 15.9 Å². The zero-order valence-electron chi connectivity index (χ0n) is 6.47. The number of benzene rings is 1. The Morgan fingerprint density at radius 1 is 1.58 bits per heavy atom. The Morgan fingerprint density at radius 2 is 2.17 bits per heavy atom. The highest BCUT2D eigenvalue weighted by molar-refractivity contribution is 9.10. The summed E-state index contributed by atoms with van der Waals surface area (Å²) in [7, 11) is 0. The normalized spacial score (nSPS) is 9.83. The number of phenolic OH excluding ortho intramolecular Hbond substituents is 1. The summed E-state index contributed by atoms with van der Waals surface area (Å²) >= 11 is 3.09. The van der Waals surface area contributed by atoms with Crippen LogP contribution < -0.4 is 5.73 Å². The van der Waals surface area contributed by atoms with E-state index in [1.165, 1.54) is 19.1 Å². The molecule has 0 bridgehead atoms. The van der Waals surface area contributed by atoms with E-state index in [1.807, 2.05) is 0 Å². The Balaban J connectivity index is 3.33. The maximum atomic E-state index is 10.9. The molecule has 0 heterocycles. The first-order chi connectivity index (χ1) is 5.52. The fourth-order valence-electron chi connectivity index (χ4n) is 0.883. The number of carbonyl (C=O) groups is 1. The molecule has 0 fully saturated rings. The molecule has 0 aliphatic heterocycles. The highest BCUT2D eigenvalue weighted by Crippen LogP contribution is 2.28. The van der Waals surface area contributed by atoms with Gasteiger partial charge in [0, 0.05) is 17.3 Å². The van der Waals surface area contributed by atoms with Crippen LogP contribution in [0.1, 0.15) is 17.3 Å². The quantitative estimate of drug-likeness (QED) is 0.572. The number of nitrogen functional groups attached to an aromatic ring is 1. The Bertz CT molecular complexity index is 336. The molecule has 0 aromatic heterocycles. The molecule has 1 aromatic carbocycles. The fraction of sp³-hybridized carbons (Fsp3) is 0.125. The minimum Gasteiger partial charge on any atom is -0.507 e. The van der Waals surface area contributed by atoms with Gasteiger partial charge >= 0.3 is 0 Å². The monoisotopic (exact) mass is 229 g/mol. The Morgan fingerprint density at radius 3 is 2.67 bits per heavy atom. The number of hydrogen-bond acceptors (Lipinski definition) is 3. The van der Waals surface area contributed by atoms with Gasteiger partial charge in [-0.1, -0.05) is 0 Å². The number of hydrogen-bond donors (Lipinski definition) is 2. The third-order valence-electron chi connectivity index (χ3n) is 1.50. The van der Waals surface area contributed by atoms with E-state index in [9.17, 15) is 4.79 Å². The number of Topliss-reactive ketones (excluding diaryl/α,β-unsaturated/α-hetero) is 1. The molecular weight excluding hydrogens is 222 g/mol. The largest absolute Gasteiger partial charge is 0.507 e. The maximum Gasteiger partial charge on any atom is 0.161 e. The molecule has 3 N–H and O–H groups in total. The number of nitrogens with two attached hydrogens (primary N) is 1. The van der Waals surface area contributed by atoms with E-state index in [0.29, 0.717) is 15.7 Å². The summed E-state index contributed by atoms with van der Waals surface area (Å²) in [5, 5.41) is 9.17. The standard InChI is InChI=1S/C8H8BrNO2/c1-4(11)5-2-6(9)8(12)3-7(5)10/h2-3,12H,10H2,1H3.